The zero-order chi connectivity index (χ0) is 28.3. The maximum absolute atomic E-state index is 12.5. The van der Waals surface area contributed by atoms with E-state index in [-0.39, 0.29) is 12.2 Å². The van der Waals surface area contributed by atoms with Crippen LogP contribution in [0, 0.1) is 0 Å². The molecule has 7 nitrogen and oxygen atoms in total. The molecule has 1 amide bonds. The van der Waals surface area contributed by atoms with Crippen LogP contribution in [0.5, 0.6) is 5.75 Å². The summed E-state index contributed by atoms with van der Waals surface area (Å²) in [6.07, 6.45) is 7.58. The van der Waals surface area contributed by atoms with E-state index in [0.717, 1.165) is 56.6 Å². The average Bonchev–Trinajstić information content (AvgIpc) is 3.56. The third kappa shape index (κ3) is 6.54. The lowest BCUT2D eigenvalue weighted by atomic mass is 10.1. The quantitative estimate of drug-likeness (QED) is 0.224. The predicted molar refractivity (Wildman–Crippen MR) is 162 cm³/mol. The van der Waals surface area contributed by atoms with Crippen molar-refractivity contribution >= 4 is 27.6 Å². The van der Waals surface area contributed by atoms with Gasteiger partial charge >= 0.3 is 6.09 Å². The molecule has 1 saturated heterocycles. The van der Waals surface area contributed by atoms with Gasteiger partial charge in [-0.1, -0.05) is 19.1 Å². The van der Waals surface area contributed by atoms with E-state index in [2.05, 4.69) is 64.9 Å². The summed E-state index contributed by atoms with van der Waals surface area (Å²) in [6, 6.07) is 13.0. The molecule has 0 bridgehead atoms. The second-order valence-corrected chi connectivity index (χ2v) is 12.7. The fourth-order valence-corrected chi connectivity index (χ4v) is 6.32. The third-order valence-electron chi connectivity index (χ3n) is 7.59. The average molecular weight is 563 g/mol. The molecule has 3 aromatic heterocycles. The van der Waals surface area contributed by atoms with E-state index in [4.69, 9.17) is 14.5 Å². The van der Waals surface area contributed by atoms with Gasteiger partial charge in [0.2, 0.25) is 0 Å². The first-order valence-electron chi connectivity index (χ1n) is 14.5. The standard InChI is InChI=1S/C32H42N4O3S/c1-6-24-22-33-30(28-21-29-27(34(28)5)16-20-40-29)36(24)18-7-9-23-11-13-26(14-12-23)38-25-10-8-17-35(19-15-25)31(37)39-32(2,3)4/h11-14,16,20-22,25H,6-10,15,17-19H2,1-5H3. The van der Waals surface area contributed by atoms with E-state index in [0.29, 0.717) is 13.1 Å². The summed E-state index contributed by atoms with van der Waals surface area (Å²) in [5.41, 5.74) is 4.55. The number of likely N-dealkylation sites (tertiary alicyclic amines) is 1. The number of hydrogen-bond donors (Lipinski definition) is 0. The van der Waals surface area contributed by atoms with Crippen LogP contribution in [0.3, 0.4) is 0 Å². The Labute approximate surface area is 241 Å². The highest BCUT2D eigenvalue weighted by Crippen LogP contribution is 2.31. The fourth-order valence-electron chi connectivity index (χ4n) is 5.47. The number of carbonyl (C=O) groups is 1. The van der Waals surface area contributed by atoms with Crippen molar-refractivity contribution in [1.29, 1.82) is 0 Å². The Balaban J connectivity index is 1.15. The van der Waals surface area contributed by atoms with Gasteiger partial charge in [0.15, 0.2) is 5.82 Å². The summed E-state index contributed by atoms with van der Waals surface area (Å²) in [5, 5.41) is 2.14. The van der Waals surface area contributed by atoms with Gasteiger partial charge in [0.1, 0.15) is 17.5 Å². The lowest BCUT2D eigenvalue weighted by Crippen LogP contribution is -2.37. The number of aryl methyl sites for hydroxylation is 3. The molecule has 0 spiro atoms. The molecule has 8 heteroatoms. The second kappa shape index (κ2) is 12.1. The number of ether oxygens (including phenoxy) is 2. The predicted octanol–water partition coefficient (Wildman–Crippen LogP) is 7.47. The fraction of sp³-hybridized carbons (Fsp3) is 0.500. The van der Waals surface area contributed by atoms with Crippen LogP contribution in [-0.2, 0) is 31.2 Å². The topological polar surface area (TPSA) is 61.5 Å². The summed E-state index contributed by atoms with van der Waals surface area (Å²) >= 11 is 1.78. The van der Waals surface area contributed by atoms with Gasteiger partial charge in [0, 0.05) is 45.0 Å². The third-order valence-corrected chi connectivity index (χ3v) is 8.45. The number of nitrogens with zero attached hydrogens (tertiary/aromatic N) is 4. The first kappa shape index (κ1) is 28.3. The molecule has 1 aliphatic heterocycles. The number of fused-ring (bicyclic) bond motifs is 1. The highest BCUT2D eigenvalue weighted by Gasteiger charge is 2.26. The van der Waals surface area contributed by atoms with Gasteiger partial charge in [-0.05, 0) is 88.1 Å². The van der Waals surface area contributed by atoms with Crippen LogP contribution in [-0.4, -0.2) is 49.9 Å². The Hall–Kier alpha value is -3.26. The molecule has 0 saturated carbocycles. The zero-order valence-electron chi connectivity index (χ0n) is 24.5. The molecule has 4 aromatic rings. The molecule has 1 atom stereocenters. The molecule has 0 N–H and O–H groups in total. The van der Waals surface area contributed by atoms with Crippen molar-refractivity contribution in [3.05, 3.63) is 59.2 Å². The van der Waals surface area contributed by atoms with Gasteiger partial charge in [-0.25, -0.2) is 9.78 Å². The maximum atomic E-state index is 12.5. The Morgan fingerprint density at radius 3 is 2.65 bits per heavy atom. The van der Waals surface area contributed by atoms with E-state index in [1.807, 2.05) is 31.9 Å². The van der Waals surface area contributed by atoms with Gasteiger partial charge in [-0.15, -0.1) is 11.3 Å². The van der Waals surface area contributed by atoms with Crippen molar-refractivity contribution < 1.29 is 14.3 Å². The van der Waals surface area contributed by atoms with E-state index in [1.165, 1.54) is 27.2 Å². The van der Waals surface area contributed by atoms with Crippen LogP contribution in [0.1, 0.15) is 64.6 Å². The van der Waals surface area contributed by atoms with Gasteiger partial charge in [-0.2, -0.15) is 0 Å². The number of amides is 1. The number of hydrogen-bond acceptors (Lipinski definition) is 5. The van der Waals surface area contributed by atoms with Gasteiger partial charge in [0.25, 0.3) is 0 Å². The van der Waals surface area contributed by atoms with Crippen molar-refractivity contribution in [2.75, 3.05) is 13.1 Å². The maximum Gasteiger partial charge on any atom is 0.410 e. The van der Waals surface area contributed by atoms with Crippen LogP contribution < -0.4 is 4.74 Å². The minimum absolute atomic E-state index is 0.109. The Bertz CT molecular complexity index is 1430. The lowest BCUT2D eigenvalue weighted by Gasteiger charge is -2.26. The second-order valence-electron chi connectivity index (χ2n) is 11.7. The number of rotatable bonds is 8. The van der Waals surface area contributed by atoms with Gasteiger partial charge in [0.05, 0.1) is 15.9 Å². The Kier molecular flexibility index (Phi) is 8.54. The Morgan fingerprint density at radius 2 is 1.93 bits per heavy atom. The minimum Gasteiger partial charge on any atom is -0.490 e. The summed E-state index contributed by atoms with van der Waals surface area (Å²) in [6.45, 7) is 10.2. The monoisotopic (exact) mass is 562 g/mol. The molecule has 4 heterocycles. The van der Waals surface area contributed by atoms with Gasteiger partial charge in [-0.3, -0.25) is 0 Å². The first-order chi connectivity index (χ1) is 19.2. The molecule has 1 aliphatic rings. The van der Waals surface area contributed by atoms with Crippen molar-refractivity contribution in [2.45, 2.75) is 84.5 Å². The summed E-state index contributed by atoms with van der Waals surface area (Å²) in [7, 11) is 2.13. The summed E-state index contributed by atoms with van der Waals surface area (Å²) < 4.78 is 17.8. The first-order valence-corrected chi connectivity index (χ1v) is 15.4. The lowest BCUT2D eigenvalue weighted by molar-refractivity contribution is 0.0252. The summed E-state index contributed by atoms with van der Waals surface area (Å²) in [5.74, 6) is 1.95. The van der Waals surface area contributed by atoms with E-state index in [1.54, 1.807) is 11.3 Å². The van der Waals surface area contributed by atoms with Crippen molar-refractivity contribution in [3.63, 3.8) is 0 Å². The summed E-state index contributed by atoms with van der Waals surface area (Å²) in [4.78, 5) is 19.1. The Morgan fingerprint density at radius 1 is 1.12 bits per heavy atom. The highest BCUT2D eigenvalue weighted by atomic mass is 32.1. The van der Waals surface area contributed by atoms with E-state index < -0.39 is 5.60 Å². The van der Waals surface area contributed by atoms with E-state index in [9.17, 15) is 4.79 Å². The van der Waals surface area contributed by atoms with Crippen molar-refractivity contribution in [1.82, 2.24) is 19.0 Å². The van der Waals surface area contributed by atoms with Crippen molar-refractivity contribution in [2.24, 2.45) is 7.05 Å². The molecule has 0 radical (unpaired) electrons. The smallest absolute Gasteiger partial charge is 0.410 e. The normalized spacial score (nSPS) is 16.3. The van der Waals surface area contributed by atoms with Crippen molar-refractivity contribution in [3.8, 4) is 17.3 Å². The van der Waals surface area contributed by atoms with Gasteiger partial charge < -0.3 is 23.5 Å². The molecule has 5 rings (SSSR count). The molecule has 0 aliphatic carbocycles. The largest absolute Gasteiger partial charge is 0.490 e. The molecular weight excluding hydrogens is 520 g/mol. The number of benzene rings is 1. The number of aromatic nitrogens is 3. The van der Waals surface area contributed by atoms with Crippen LogP contribution in [0.2, 0.25) is 0 Å². The van der Waals surface area contributed by atoms with Crippen LogP contribution in [0.25, 0.3) is 21.7 Å². The molecular formula is C32H42N4O3S. The van der Waals surface area contributed by atoms with E-state index >= 15 is 0 Å². The zero-order valence-corrected chi connectivity index (χ0v) is 25.3. The highest BCUT2D eigenvalue weighted by molar-refractivity contribution is 7.17. The minimum atomic E-state index is -0.473. The molecule has 214 valence electrons. The number of carbonyl (C=O) groups excluding carboxylic acids is 1. The number of imidazole rings is 1. The molecule has 1 aromatic carbocycles. The molecule has 1 unspecified atom stereocenters. The van der Waals surface area contributed by atoms with Crippen LogP contribution in [0.15, 0.2) is 48.0 Å². The number of thiophene rings is 1. The van der Waals surface area contributed by atoms with Crippen LogP contribution >= 0.6 is 11.3 Å². The molecule has 40 heavy (non-hydrogen) atoms. The molecule has 1 fully saturated rings. The van der Waals surface area contributed by atoms with Crippen LogP contribution in [0.4, 0.5) is 4.79 Å². The SMILES string of the molecule is CCc1cnc(-c2cc3sccc3n2C)n1CCCc1ccc(OC2CCCN(C(=O)OC(C)(C)C)CC2)cc1.